The molecule has 0 atom stereocenters. The molecular formula is C19H21N3O2. The summed E-state index contributed by atoms with van der Waals surface area (Å²) < 4.78 is 0. The van der Waals surface area contributed by atoms with Crippen molar-refractivity contribution >= 4 is 23.3 Å². The van der Waals surface area contributed by atoms with Crippen LogP contribution in [0.4, 0.5) is 16.2 Å². The molecule has 24 heavy (non-hydrogen) atoms. The van der Waals surface area contributed by atoms with Gasteiger partial charge in [0.2, 0.25) is 5.91 Å². The Hall–Kier alpha value is -2.82. The summed E-state index contributed by atoms with van der Waals surface area (Å²) in [5.41, 5.74) is 3.56. The Kier molecular flexibility index (Phi) is 4.79. The van der Waals surface area contributed by atoms with Crippen LogP contribution in [0.5, 0.6) is 0 Å². The number of nitrogens with one attached hydrogen (secondary N) is 3. The highest BCUT2D eigenvalue weighted by Crippen LogP contribution is 2.30. The van der Waals surface area contributed by atoms with Gasteiger partial charge in [-0.2, -0.15) is 0 Å². The highest BCUT2D eigenvalue weighted by atomic mass is 16.2. The monoisotopic (exact) mass is 323 g/mol. The second-order valence-corrected chi connectivity index (χ2v) is 6.08. The molecule has 1 aliphatic carbocycles. The van der Waals surface area contributed by atoms with Gasteiger partial charge >= 0.3 is 6.03 Å². The minimum absolute atomic E-state index is 0.0520. The Balaban J connectivity index is 1.54. The molecule has 0 spiro atoms. The van der Waals surface area contributed by atoms with Crippen LogP contribution in [0.25, 0.3) is 0 Å². The van der Waals surface area contributed by atoms with E-state index >= 15 is 0 Å². The molecule has 0 unspecified atom stereocenters. The fraction of sp³-hybridized carbons (Fsp3) is 0.263. The molecule has 0 bridgehead atoms. The van der Waals surface area contributed by atoms with Gasteiger partial charge in [0.1, 0.15) is 0 Å². The van der Waals surface area contributed by atoms with Crippen LogP contribution >= 0.6 is 0 Å². The SMILES string of the molecule is Cc1ccccc1CNC(=O)Nc1cccc(NC(=O)C2CC2)c1. The summed E-state index contributed by atoms with van der Waals surface area (Å²) >= 11 is 0. The molecule has 124 valence electrons. The molecule has 5 nitrogen and oxygen atoms in total. The van der Waals surface area contributed by atoms with Gasteiger partial charge in [0, 0.05) is 23.8 Å². The molecule has 0 aliphatic heterocycles. The predicted octanol–water partition coefficient (Wildman–Crippen LogP) is 3.67. The molecule has 2 aromatic rings. The van der Waals surface area contributed by atoms with Crippen LogP contribution in [-0.4, -0.2) is 11.9 Å². The third kappa shape index (κ3) is 4.35. The van der Waals surface area contributed by atoms with E-state index in [2.05, 4.69) is 16.0 Å². The second kappa shape index (κ2) is 7.17. The Morgan fingerprint density at radius 1 is 1.00 bits per heavy atom. The number of hydrogen-bond donors (Lipinski definition) is 3. The fourth-order valence-corrected chi connectivity index (χ4v) is 2.42. The summed E-state index contributed by atoms with van der Waals surface area (Å²) in [6.07, 6.45) is 1.93. The van der Waals surface area contributed by atoms with Gasteiger partial charge in [-0.25, -0.2) is 4.79 Å². The maximum atomic E-state index is 12.0. The van der Waals surface area contributed by atoms with Gasteiger partial charge in [-0.3, -0.25) is 4.79 Å². The van der Waals surface area contributed by atoms with E-state index in [0.29, 0.717) is 17.9 Å². The molecule has 1 aliphatic rings. The average Bonchev–Trinajstić information content (AvgIpc) is 3.39. The number of benzene rings is 2. The first-order valence-corrected chi connectivity index (χ1v) is 8.12. The minimum Gasteiger partial charge on any atom is -0.334 e. The number of carbonyl (C=O) groups is 2. The van der Waals surface area contributed by atoms with Crippen LogP contribution in [0.3, 0.4) is 0 Å². The standard InChI is InChI=1S/C19H21N3O2/c1-13-5-2-3-6-15(13)12-20-19(24)22-17-8-4-7-16(11-17)21-18(23)14-9-10-14/h2-8,11,14H,9-10,12H2,1H3,(H,21,23)(H2,20,22,24). The van der Waals surface area contributed by atoms with E-state index < -0.39 is 0 Å². The summed E-state index contributed by atoms with van der Waals surface area (Å²) in [7, 11) is 0. The summed E-state index contributed by atoms with van der Waals surface area (Å²) in [4.78, 5) is 23.8. The first-order valence-electron chi connectivity index (χ1n) is 8.12. The molecule has 0 saturated heterocycles. The molecule has 2 aromatic carbocycles. The van der Waals surface area contributed by atoms with Crippen molar-refractivity contribution in [3.05, 3.63) is 59.7 Å². The summed E-state index contributed by atoms with van der Waals surface area (Å²) in [5.74, 6) is 0.204. The number of carbonyl (C=O) groups excluding carboxylic acids is 2. The van der Waals surface area contributed by atoms with E-state index in [4.69, 9.17) is 0 Å². The number of urea groups is 1. The highest BCUT2D eigenvalue weighted by Gasteiger charge is 2.29. The Morgan fingerprint density at radius 3 is 2.42 bits per heavy atom. The molecule has 1 saturated carbocycles. The number of hydrogen-bond acceptors (Lipinski definition) is 2. The van der Waals surface area contributed by atoms with E-state index in [1.165, 1.54) is 0 Å². The maximum Gasteiger partial charge on any atom is 0.319 e. The zero-order chi connectivity index (χ0) is 16.9. The molecule has 5 heteroatoms. The van der Waals surface area contributed by atoms with Crippen LogP contribution in [0, 0.1) is 12.8 Å². The Labute approximate surface area is 141 Å². The lowest BCUT2D eigenvalue weighted by atomic mass is 10.1. The van der Waals surface area contributed by atoms with Gasteiger partial charge in [0.15, 0.2) is 0 Å². The third-order valence-corrected chi connectivity index (χ3v) is 4.04. The third-order valence-electron chi connectivity index (χ3n) is 4.04. The normalized spacial score (nSPS) is 13.2. The fourth-order valence-electron chi connectivity index (χ4n) is 2.42. The second-order valence-electron chi connectivity index (χ2n) is 6.08. The first-order chi connectivity index (χ1) is 11.6. The topological polar surface area (TPSA) is 70.2 Å². The lowest BCUT2D eigenvalue weighted by Crippen LogP contribution is -2.28. The van der Waals surface area contributed by atoms with Crippen molar-refractivity contribution in [1.29, 1.82) is 0 Å². The van der Waals surface area contributed by atoms with Crippen molar-refractivity contribution in [2.24, 2.45) is 5.92 Å². The van der Waals surface area contributed by atoms with Crippen molar-refractivity contribution in [2.75, 3.05) is 10.6 Å². The van der Waals surface area contributed by atoms with Crippen molar-refractivity contribution < 1.29 is 9.59 Å². The number of anilines is 2. The zero-order valence-corrected chi connectivity index (χ0v) is 13.6. The van der Waals surface area contributed by atoms with Gasteiger partial charge < -0.3 is 16.0 Å². The van der Waals surface area contributed by atoms with Crippen LogP contribution in [0.1, 0.15) is 24.0 Å². The van der Waals surface area contributed by atoms with Crippen LogP contribution in [0.15, 0.2) is 48.5 Å². The quantitative estimate of drug-likeness (QED) is 0.786. The van der Waals surface area contributed by atoms with Crippen LogP contribution in [-0.2, 0) is 11.3 Å². The lowest BCUT2D eigenvalue weighted by Gasteiger charge is -2.11. The van der Waals surface area contributed by atoms with Crippen molar-refractivity contribution in [3.8, 4) is 0 Å². The van der Waals surface area contributed by atoms with E-state index in [1.54, 1.807) is 18.2 Å². The first kappa shape index (κ1) is 16.1. The summed E-state index contributed by atoms with van der Waals surface area (Å²) in [5, 5.41) is 8.50. The highest BCUT2D eigenvalue weighted by molar-refractivity contribution is 5.95. The summed E-state index contributed by atoms with van der Waals surface area (Å²) in [6, 6.07) is 14.8. The largest absolute Gasteiger partial charge is 0.334 e. The van der Waals surface area contributed by atoms with Crippen LogP contribution < -0.4 is 16.0 Å². The van der Waals surface area contributed by atoms with Crippen LogP contribution in [0.2, 0.25) is 0 Å². The maximum absolute atomic E-state index is 12.0. The Bertz CT molecular complexity index is 754. The van der Waals surface area contributed by atoms with E-state index in [-0.39, 0.29) is 17.9 Å². The molecule has 3 N–H and O–H groups in total. The minimum atomic E-state index is -0.274. The van der Waals surface area contributed by atoms with Crippen molar-refractivity contribution in [3.63, 3.8) is 0 Å². The number of amides is 3. The van der Waals surface area contributed by atoms with E-state index in [1.807, 2.05) is 37.3 Å². The molecular weight excluding hydrogens is 302 g/mol. The van der Waals surface area contributed by atoms with E-state index in [9.17, 15) is 9.59 Å². The van der Waals surface area contributed by atoms with Gasteiger partial charge in [-0.05, 0) is 49.1 Å². The average molecular weight is 323 g/mol. The van der Waals surface area contributed by atoms with E-state index in [0.717, 1.165) is 24.0 Å². The molecule has 0 radical (unpaired) electrons. The lowest BCUT2D eigenvalue weighted by molar-refractivity contribution is -0.117. The Morgan fingerprint density at radius 2 is 1.71 bits per heavy atom. The molecule has 1 fully saturated rings. The van der Waals surface area contributed by atoms with Crippen molar-refractivity contribution in [2.45, 2.75) is 26.3 Å². The molecule has 0 aromatic heterocycles. The summed E-state index contributed by atoms with van der Waals surface area (Å²) in [6.45, 7) is 2.48. The molecule has 3 amide bonds. The van der Waals surface area contributed by atoms with Gasteiger partial charge in [-0.1, -0.05) is 30.3 Å². The molecule has 3 rings (SSSR count). The molecule has 0 heterocycles. The predicted molar refractivity (Wildman–Crippen MR) is 94.8 cm³/mol. The number of aryl methyl sites for hydroxylation is 1. The zero-order valence-electron chi connectivity index (χ0n) is 13.6. The van der Waals surface area contributed by atoms with Crippen molar-refractivity contribution in [1.82, 2.24) is 5.32 Å². The van der Waals surface area contributed by atoms with Gasteiger partial charge in [-0.15, -0.1) is 0 Å². The van der Waals surface area contributed by atoms with Gasteiger partial charge in [0.25, 0.3) is 0 Å². The van der Waals surface area contributed by atoms with Gasteiger partial charge in [0.05, 0.1) is 0 Å². The smallest absolute Gasteiger partial charge is 0.319 e. The number of rotatable bonds is 5.